The predicted octanol–water partition coefficient (Wildman–Crippen LogP) is -7.86. The minimum absolute atomic E-state index is 0. The van der Waals surface area contributed by atoms with Gasteiger partial charge in [0.05, 0.1) is 63.7 Å². The summed E-state index contributed by atoms with van der Waals surface area (Å²) in [5.41, 5.74) is 0. The smallest absolute Gasteiger partial charge is 0.549 e. The van der Waals surface area contributed by atoms with Crippen LogP contribution in [0.2, 0.25) is 0 Å². The second-order valence-corrected chi connectivity index (χ2v) is 9.87. The third-order valence-corrected chi connectivity index (χ3v) is 6.50. The Morgan fingerprint density at radius 2 is 0.976 bits per heavy atom. The van der Waals surface area contributed by atoms with E-state index in [2.05, 4.69) is 0 Å². The third kappa shape index (κ3) is 21.9. The number of β-amino-alcohol motifs (C(OH)–C–C–N with tert-alkyl or cyclic N) is 1. The summed E-state index contributed by atoms with van der Waals surface area (Å²) in [7, 11) is 0. The van der Waals surface area contributed by atoms with Crippen LogP contribution in [0.15, 0.2) is 0 Å². The normalized spacial score (nSPS) is 17.7. The minimum atomic E-state index is -1.29. The van der Waals surface area contributed by atoms with Gasteiger partial charge in [0.1, 0.15) is 0 Å². The van der Waals surface area contributed by atoms with Crippen molar-refractivity contribution in [2.24, 2.45) is 0 Å². The predicted molar refractivity (Wildman–Crippen MR) is 139 cm³/mol. The van der Waals surface area contributed by atoms with Crippen molar-refractivity contribution in [2.75, 3.05) is 138 Å². The van der Waals surface area contributed by atoms with E-state index in [0.29, 0.717) is 52.5 Å². The molecule has 0 amide bonds. The molecule has 0 bridgehead atoms. The van der Waals surface area contributed by atoms with E-state index in [9.17, 15) is 34.8 Å². The molecule has 3 N–H and O–H groups in total. The van der Waals surface area contributed by atoms with Crippen molar-refractivity contribution in [1.82, 2.24) is 24.5 Å². The summed E-state index contributed by atoms with van der Waals surface area (Å²) in [6, 6.07) is 0. The third-order valence-electron chi connectivity index (χ3n) is 6.50. The summed E-state index contributed by atoms with van der Waals surface area (Å²) in [6.07, 6.45) is -0.818. The SMILES string of the molecule is O=C([O-])CN1CCN(CC(=O)[O-])CCN(CC(O)CN(CCOCCO)CCOCCO)CCN(CC(=O)[O-])CC1.[Gd+3]. The molecule has 1 heterocycles. The van der Waals surface area contributed by atoms with Crippen LogP contribution in [0.5, 0.6) is 0 Å². The molecule has 0 spiro atoms. The number of carboxylic acids is 3. The van der Waals surface area contributed by atoms with Crippen LogP contribution in [0.1, 0.15) is 0 Å². The molecule has 1 radical (unpaired) electrons. The van der Waals surface area contributed by atoms with Crippen LogP contribution in [-0.4, -0.2) is 202 Å². The van der Waals surface area contributed by atoms with Crippen LogP contribution < -0.4 is 15.3 Å². The standard InChI is InChI=1S/C25H49N5O11.Gd/c31-11-15-40-13-9-30(10-14-41-16-12-32)18-22(33)17-26-1-3-27(19-23(34)35)5-7-29(21-25(38)39)8-6-28(4-2-26)20-24(36)37;/h22,31-33H,1-21H2,(H,34,35)(H,36,37)(H,38,39);/q;+3/p-3. The van der Waals surface area contributed by atoms with Crippen LogP contribution in [0.25, 0.3) is 0 Å². The first-order chi connectivity index (χ1) is 19.6. The summed E-state index contributed by atoms with van der Waals surface area (Å²) in [6.45, 7) is 3.51. The number of aliphatic carboxylic acids is 3. The van der Waals surface area contributed by atoms with Gasteiger partial charge in [-0.1, -0.05) is 0 Å². The first-order valence-electron chi connectivity index (χ1n) is 13.9. The number of carbonyl (C=O) groups excluding carboxylic acids is 3. The fraction of sp³-hybridized carbons (Fsp3) is 0.880. The van der Waals surface area contributed by atoms with Gasteiger partial charge >= 0.3 is 39.9 Å². The van der Waals surface area contributed by atoms with E-state index in [1.54, 1.807) is 14.7 Å². The molecule has 1 aliphatic rings. The molecular weight excluding hydrogens is 704 g/mol. The Hall–Kier alpha value is -0.665. The van der Waals surface area contributed by atoms with Gasteiger partial charge in [-0.05, 0) is 0 Å². The maximum absolute atomic E-state index is 11.3. The number of hydrogen-bond donors (Lipinski definition) is 3. The van der Waals surface area contributed by atoms with Crippen molar-refractivity contribution in [3.05, 3.63) is 0 Å². The monoisotopic (exact) mass is 750 g/mol. The van der Waals surface area contributed by atoms with Crippen molar-refractivity contribution in [3.63, 3.8) is 0 Å². The second kappa shape index (κ2) is 25.6. The topological polar surface area (TPSA) is 216 Å². The Morgan fingerprint density at radius 3 is 1.29 bits per heavy atom. The summed E-state index contributed by atoms with van der Waals surface area (Å²) in [5, 5.41) is 62.7. The average molecular weight is 750 g/mol. The van der Waals surface area contributed by atoms with Crippen LogP contribution in [0.3, 0.4) is 0 Å². The quantitative estimate of drug-likeness (QED) is 0.0986. The van der Waals surface area contributed by atoms with Crippen molar-refractivity contribution in [3.8, 4) is 0 Å². The van der Waals surface area contributed by atoms with Gasteiger partial charge in [-0.15, -0.1) is 0 Å². The van der Waals surface area contributed by atoms with E-state index in [4.69, 9.17) is 19.7 Å². The van der Waals surface area contributed by atoms with Crippen LogP contribution in [0.4, 0.5) is 0 Å². The zero-order valence-electron chi connectivity index (χ0n) is 24.1. The molecule has 42 heavy (non-hydrogen) atoms. The maximum Gasteiger partial charge on any atom is 3.00 e. The average Bonchev–Trinajstić information content (AvgIpc) is 2.89. The molecule has 17 heteroatoms. The van der Waals surface area contributed by atoms with Gasteiger partial charge in [0.25, 0.3) is 0 Å². The molecule has 245 valence electrons. The number of carbonyl (C=O) groups is 3. The van der Waals surface area contributed by atoms with E-state index in [1.807, 2.05) is 9.80 Å². The Labute approximate surface area is 279 Å². The maximum atomic E-state index is 11.3. The fourth-order valence-electron chi connectivity index (χ4n) is 4.45. The summed E-state index contributed by atoms with van der Waals surface area (Å²) < 4.78 is 10.7. The Morgan fingerprint density at radius 1 is 0.643 bits per heavy atom. The van der Waals surface area contributed by atoms with E-state index in [1.165, 1.54) is 0 Å². The van der Waals surface area contributed by atoms with Crippen LogP contribution in [-0.2, 0) is 23.9 Å². The molecule has 0 aromatic carbocycles. The number of ether oxygens (including phenoxy) is 2. The number of aliphatic hydroxyl groups is 3. The van der Waals surface area contributed by atoms with Crippen LogP contribution >= 0.6 is 0 Å². The molecule has 1 atom stereocenters. The molecule has 0 aromatic rings. The molecule has 1 unspecified atom stereocenters. The van der Waals surface area contributed by atoms with Gasteiger partial charge in [0.2, 0.25) is 0 Å². The van der Waals surface area contributed by atoms with Crippen molar-refractivity contribution >= 4 is 17.9 Å². The Bertz CT molecular complexity index is 699. The first kappa shape index (κ1) is 41.3. The number of aliphatic hydroxyl groups excluding tert-OH is 3. The molecule has 1 fully saturated rings. The van der Waals surface area contributed by atoms with E-state index in [0.717, 1.165) is 0 Å². The zero-order chi connectivity index (χ0) is 30.5. The van der Waals surface area contributed by atoms with Crippen molar-refractivity contribution in [2.45, 2.75) is 6.10 Å². The molecular formula is C25H46GdN5O11. The minimum Gasteiger partial charge on any atom is -0.549 e. The van der Waals surface area contributed by atoms with E-state index in [-0.39, 0.29) is 125 Å². The first-order valence-corrected chi connectivity index (χ1v) is 13.9. The number of nitrogens with zero attached hydrogens (tertiary/aromatic N) is 5. The van der Waals surface area contributed by atoms with Crippen molar-refractivity contribution in [1.29, 1.82) is 0 Å². The van der Waals surface area contributed by atoms with E-state index >= 15 is 0 Å². The van der Waals surface area contributed by atoms with Gasteiger partial charge in [0.15, 0.2) is 0 Å². The van der Waals surface area contributed by atoms with Gasteiger partial charge in [0, 0.05) is 98.2 Å². The Balaban J connectivity index is 0.0000168. The Kier molecular flexibility index (Phi) is 25.2. The molecule has 1 saturated heterocycles. The molecule has 0 aromatic heterocycles. The molecule has 1 aliphatic heterocycles. The van der Waals surface area contributed by atoms with Gasteiger partial charge in [-0.3, -0.25) is 24.5 Å². The van der Waals surface area contributed by atoms with Gasteiger partial charge in [-0.25, -0.2) is 0 Å². The summed E-state index contributed by atoms with van der Waals surface area (Å²) in [4.78, 5) is 42.6. The number of hydrogen-bond acceptors (Lipinski definition) is 16. The number of carboxylic acid groups (broad SMARTS) is 3. The second-order valence-electron chi connectivity index (χ2n) is 9.87. The molecule has 16 nitrogen and oxygen atoms in total. The van der Waals surface area contributed by atoms with Crippen molar-refractivity contribution < 1.29 is 94.4 Å². The summed E-state index contributed by atoms with van der Waals surface area (Å²) in [5.74, 6) is -3.82. The van der Waals surface area contributed by atoms with Gasteiger partial charge < -0.3 is 54.5 Å². The largest absolute Gasteiger partial charge is 3.00 e. The molecule has 0 aliphatic carbocycles. The summed E-state index contributed by atoms with van der Waals surface area (Å²) >= 11 is 0. The van der Waals surface area contributed by atoms with E-state index < -0.39 is 24.0 Å². The molecule has 0 saturated carbocycles. The van der Waals surface area contributed by atoms with Crippen LogP contribution in [0, 0.1) is 39.9 Å². The fourth-order valence-corrected chi connectivity index (χ4v) is 4.45. The van der Waals surface area contributed by atoms with Gasteiger partial charge in [-0.2, -0.15) is 0 Å². The zero-order valence-corrected chi connectivity index (χ0v) is 26.4. The number of rotatable bonds is 20. The molecule has 1 rings (SSSR count).